The second-order valence-electron chi connectivity index (χ2n) is 5.15. The van der Waals surface area contributed by atoms with E-state index in [1.807, 2.05) is 18.7 Å². The Bertz CT molecular complexity index is 590. The fourth-order valence-electron chi connectivity index (χ4n) is 2.06. The van der Waals surface area contributed by atoms with Crippen LogP contribution in [-0.4, -0.2) is 43.4 Å². The number of aliphatic hydroxyl groups is 1. The molecule has 6 nitrogen and oxygen atoms in total. The van der Waals surface area contributed by atoms with Gasteiger partial charge in [-0.25, -0.2) is 0 Å². The van der Waals surface area contributed by atoms with E-state index >= 15 is 0 Å². The standard InChI is InChI=1S/C12H18ClN5O/c1-5-17(6-12(3,4)19)10-8(2)9(13)16-11-14-7-15-18(10)11/h7,19H,5-6H2,1-4H3. The molecule has 0 atom stereocenters. The molecule has 0 aliphatic heterocycles. The number of anilines is 1. The van der Waals surface area contributed by atoms with Crippen LogP contribution < -0.4 is 4.90 Å². The Morgan fingerprint density at radius 2 is 2.16 bits per heavy atom. The molecule has 0 unspecified atom stereocenters. The molecule has 2 aromatic heterocycles. The van der Waals surface area contributed by atoms with Gasteiger partial charge in [0.05, 0.1) is 5.60 Å². The summed E-state index contributed by atoms with van der Waals surface area (Å²) < 4.78 is 1.65. The van der Waals surface area contributed by atoms with Crippen LogP contribution in [0.3, 0.4) is 0 Å². The van der Waals surface area contributed by atoms with E-state index in [1.54, 1.807) is 18.4 Å². The lowest BCUT2D eigenvalue weighted by molar-refractivity contribution is 0.0873. The minimum atomic E-state index is -0.814. The highest BCUT2D eigenvalue weighted by atomic mass is 35.5. The maximum Gasteiger partial charge on any atom is 0.255 e. The van der Waals surface area contributed by atoms with Crippen LogP contribution in [-0.2, 0) is 0 Å². The normalized spacial score (nSPS) is 12.1. The number of hydrogen-bond acceptors (Lipinski definition) is 5. The molecule has 7 heteroatoms. The Morgan fingerprint density at radius 3 is 2.74 bits per heavy atom. The minimum Gasteiger partial charge on any atom is -0.389 e. The molecule has 0 fully saturated rings. The average Bonchev–Trinajstić information content (AvgIpc) is 2.74. The second-order valence-corrected chi connectivity index (χ2v) is 5.51. The molecule has 0 aliphatic rings. The molecule has 2 rings (SSSR count). The van der Waals surface area contributed by atoms with Crippen LogP contribution in [0.2, 0.25) is 5.15 Å². The highest BCUT2D eigenvalue weighted by Crippen LogP contribution is 2.26. The van der Waals surface area contributed by atoms with Crippen molar-refractivity contribution in [1.82, 2.24) is 19.6 Å². The lowest BCUT2D eigenvalue weighted by Gasteiger charge is -2.30. The van der Waals surface area contributed by atoms with Gasteiger partial charge in [-0.3, -0.25) is 0 Å². The predicted octanol–water partition coefficient (Wildman–Crippen LogP) is 1.68. The molecule has 0 amide bonds. The van der Waals surface area contributed by atoms with E-state index < -0.39 is 5.60 Å². The van der Waals surface area contributed by atoms with E-state index in [-0.39, 0.29) is 0 Å². The summed E-state index contributed by atoms with van der Waals surface area (Å²) in [5, 5.41) is 14.6. The summed E-state index contributed by atoms with van der Waals surface area (Å²) in [7, 11) is 0. The van der Waals surface area contributed by atoms with E-state index in [2.05, 4.69) is 15.1 Å². The van der Waals surface area contributed by atoms with Gasteiger partial charge >= 0.3 is 0 Å². The summed E-state index contributed by atoms with van der Waals surface area (Å²) in [4.78, 5) is 10.3. The van der Waals surface area contributed by atoms with Gasteiger partial charge in [0.1, 0.15) is 17.3 Å². The quantitative estimate of drug-likeness (QED) is 0.865. The maximum atomic E-state index is 10.0. The number of aromatic nitrogens is 4. The summed E-state index contributed by atoms with van der Waals surface area (Å²) in [6.07, 6.45) is 1.44. The van der Waals surface area contributed by atoms with E-state index in [0.717, 1.165) is 17.9 Å². The van der Waals surface area contributed by atoms with Crippen LogP contribution in [0.25, 0.3) is 5.78 Å². The molecule has 1 N–H and O–H groups in total. The number of fused-ring (bicyclic) bond motifs is 1. The van der Waals surface area contributed by atoms with Crippen molar-refractivity contribution in [3.05, 3.63) is 17.0 Å². The fraction of sp³-hybridized carbons (Fsp3) is 0.583. The number of hydrogen-bond donors (Lipinski definition) is 1. The fourth-order valence-corrected chi connectivity index (χ4v) is 2.22. The smallest absolute Gasteiger partial charge is 0.255 e. The first kappa shape index (κ1) is 14.0. The Labute approximate surface area is 117 Å². The van der Waals surface area contributed by atoms with Gasteiger partial charge in [0.15, 0.2) is 0 Å². The maximum absolute atomic E-state index is 10.0. The van der Waals surface area contributed by atoms with Crippen LogP contribution >= 0.6 is 11.6 Å². The zero-order valence-electron chi connectivity index (χ0n) is 11.6. The molecule has 2 aromatic rings. The van der Waals surface area contributed by atoms with E-state index in [0.29, 0.717) is 17.5 Å². The summed E-state index contributed by atoms with van der Waals surface area (Å²) in [5.74, 6) is 1.27. The molecule has 0 aliphatic carbocycles. The molecular formula is C12H18ClN5O. The van der Waals surface area contributed by atoms with Crippen LogP contribution in [0.4, 0.5) is 5.82 Å². The van der Waals surface area contributed by atoms with Gasteiger partial charge in [-0.1, -0.05) is 11.6 Å². The Hall–Kier alpha value is -1.40. The van der Waals surface area contributed by atoms with Crippen LogP contribution in [0, 0.1) is 6.92 Å². The van der Waals surface area contributed by atoms with E-state index in [9.17, 15) is 5.11 Å². The zero-order chi connectivity index (χ0) is 14.2. The van der Waals surface area contributed by atoms with Gasteiger partial charge in [0.25, 0.3) is 5.78 Å². The number of likely N-dealkylation sites (N-methyl/N-ethyl adjacent to an activating group) is 1. The summed E-state index contributed by atoms with van der Waals surface area (Å²) in [6.45, 7) is 8.64. The molecule has 0 bridgehead atoms. The SMILES string of the molecule is CCN(CC(C)(C)O)c1c(C)c(Cl)nc2ncnn12. The molecule has 0 saturated carbocycles. The Kier molecular flexibility index (Phi) is 3.64. The Balaban J connectivity index is 2.58. The number of nitrogens with zero attached hydrogens (tertiary/aromatic N) is 5. The van der Waals surface area contributed by atoms with Gasteiger partial charge in [0, 0.05) is 18.7 Å². The van der Waals surface area contributed by atoms with Crippen molar-refractivity contribution in [2.24, 2.45) is 0 Å². The first-order valence-electron chi connectivity index (χ1n) is 6.16. The molecule has 0 radical (unpaired) electrons. The van der Waals surface area contributed by atoms with Crippen molar-refractivity contribution in [2.45, 2.75) is 33.3 Å². The van der Waals surface area contributed by atoms with E-state index in [4.69, 9.17) is 11.6 Å². The molecule has 2 heterocycles. The third-order valence-corrected chi connectivity index (χ3v) is 3.20. The average molecular weight is 284 g/mol. The summed E-state index contributed by atoms with van der Waals surface area (Å²) >= 11 is 6.14. The molecule has 19 heavy (non-hydrogen) atoms. The monoisotopic (exact) mass is 283 g/mol. The number of halogens is 1. The van der Waals surface area contributed by atoms with Crippen LogP contribution in [0.1, 0.15) is 26.3 Å². The summed E-state index contributed by atoms with van der Waals surface area (Å²) in [6, 6.07) is 0. The van der Waals surface area contributed by atoms with Gasteiger partial charge in [-0.05, 0) is 27.7 Å². The molecule has 0 spiro atoms. The summed E-state index contributed by atoms with van der Waals surface area (Å²) in [5.41, 5.74) is 0.0104. The highest BCUT2D eigenvalue weighted by molar-refractivity contribution is 6.30. The van der Waals surface area contributed by atoms with Crippen molar-refractivity contribution in [3.8, 4) is 0 Å². The largest absolute Gasteiger partial charge is 0.389 e. The topological polar surface area (TPSA) is 66.5 Å². The molecule has 0 saturated heterocycles. The van der Waals surface area contributed by atoms with Crippen LogP contribution in [0.15, 0.2) is 6.33 Å². The highest BCUT2D eigenvalue weighted by Gasteiger charge is 2.23. The lowest BCUT2D eigenvalue weighted by atomic mass is 10.1. The third kappa shape index (κ3) is 2.79. The lowest BCUT2D eigenvalue weighted by Crippen LogP contribution is -2.40. The van der Waals surface area contributed by atoms with Crippen molar-refractivity contribution in [2.75, 3.05) is 18.0 Å². The van der Waals surface area contributed by atoms with Crippen molar-refractivity contribution in [1.29, 1.82) is 0 Å². The van der Waals surface area contributed by atoms with Gasteiger partial charge in [-0.15, -0.1) is 0 Å². The van der Waals surface area contributed by atoms with Gasteiger partial charge in [-0.2, -0.15) is 19.6 Å². The Morgan fingerprint density at radius 1 is 1.47 bits per heavy atom. The zero-order valence-corrected chi connectivity index (χ0v) is 12.3. The van der Waals surface area contributed by atoms with Gasteiger partial charge < -0.3 is 10.0 Å². The van der Waals surface area contributed by atoms with Crippen molar-refractivity contribution < 1.29 is 5.11 Å². The second kappa shape index (κ2) is 4.94. The molecular weight excluding hydrogens is 266 g/mol. The van der Waals surface area contributed by atoms with E-state index in [1.165, 1.54) is 6.33 Å². The van der Waals surface area contributed by atoms with Crippen molar-refractivity contribution in [3.63, 3.8) is 0 Å². The third-order valence-electron chi connectivity index (χ3n) is 2.83. The number of rotatable bonds is 4. The first-order valence-corrected chi connectivity index (χ1v) is 6.54. The van der Waals surface area contributed by atoms with Crippen molar-refractivity contribution >= 4 is 23.2 Å². The molecule has 0 aromatic carbocycles. The predicted molar refractivity (Wildman–Crippen MR) is 74.7 cm³/mol. The minimum absolute atomic E-state index is 0.407. The first-order chi connectivity index (χ1) is 8.83. The molecule has 104 valence electrons. The van der Waals surface area contributed by atoms with Crippen LogP contribution in [0.5, 0.6) is 0 Å². The van der Waals surface area contributed by atoms with Gasteiger partial charge in [0.2, 0.25) is 0 Å².